The van der Waals surface area contributed by atoms with Crippen LogP contribution in [-0.4, -0.2) is 25.4 Å². The number of rotatable bonds is 1. The van der Waals surface area contributed by atoms with Crippen LogP contribution in [-0.2, 0) is 14.3 Å². The number of halogens is 1. The molecule has 2 aliphatic rings. The fourth-order valence-corrected chi connectivity index (χ4v) is 1.50. The molecule has 0 bridgehead atoms. The van der Waals surface area contributed by atoms with Crippen molar-refractivity contribution < 1.29 is 18.7 Å². The number of hydrogen-bond donors (Lipinski definition) is 0. The highest BCUT2D eigenvalue weighted by Crippen LogP contribution is 2.34. The van der Waals surface area contributed by atoms with Gasteiger partial charge in [-0.2, -0.15) is 0 Å². The minimum absolute atomic E-state index is 0.130. The lowest BCUT2D eigenvalue weighted by Crippen LogP contribution is -2.41. The molecule has 2 rings (SSSR count). The predicted molar refractivity (Wildman–Crippen MR) is 42.5 cm³/mol. The fraction of sp³-hybridized carbons (Fsp3) is 0.444. The molecule has 0 spiro atoms. The lowest BCUT2D eigenvalue weighted by Gasteiger charge is -2.33. The normalized spacial score (nSPS) is 37.3. The maximum absolute atomic E-state index is 13.8. The summed E-state index contributed by atoms with van der Waals surface area (Å²) in [6, 6.07) is 0. The van der Waals surface area contributed by atoms with Crippen molar-refractivity contribution in [3.05, 3.63) is 24.0 Å². The molecule has 0 aromatic rings. The Kier molecular flexibility index (Phi) is 1.92. The van der Waals surface area contributed by atoms with Crippen LogP contribution in [0.15, 0.2) is 24.0 Å². The lowest BCUT2D eigenvalue weighted by molar-refractivity contribution is -0.133. The zero-order valence-electron chi connectivity index (χ0n) is 6.90. The molecule has 2 unspecified atom stereocenters. The Bertz CT molecular complexity index is 285. The van der Waals surface area contributed by atoms with Crippen LogP contribution in [0.4, 0.5) is 4.39 Å². The van der Waals surface area contributed by atoms with E-state index in [2.05, 4.69) is 0 Å². The number of ether oxygens (including phenoxy) is 2. The minimum Gasteiger partial charge on any atom is -0.471 e. The summed E-state index contributed by atoms with van der Waals surface area (Å²) in [6.07, 6.45) is 4.67. The van der Waals surface area contributed by atoms with Crippen molar-refractivity contribution in [2.75, 3.05) is 13.4 Å². The highest BCUT2D eigenvalue weighted by atomic mass is 19.1. The maximum atomic E-state index is 13.8. The van der Waals surface area contributed by atoms with E-state index in [4.69, 9.17) is 9.47 Å². The second kappa shape index (κ2) is 2.96. The van der Waals surface area contributed by atoms with E-state index in [-0.39, 0.29) is 13.4 Å². The van der Waals surface area contributed by atoms with Gasteiger partial charge < -0.3 is 9.47 Å². The third-order valence-electron chi connectivity index (χ3n) is 2.26. The molecule has 3 nitrogen and oxygen atoms in total. The van der Waals surface area contributed by atoms with E-state index in [1.807, 2.05) is 0 Å². The van der Waals surface area contributed by atoms with Crippen LogP contribution in [0.25, 0.3) is 0 Å². The summed E-state index contributed by atoms with van der Waals surface area (Å²) in [5.74, 6) is -0.132. The molecule has 0 amide bonds. The van der Waals surface area contributed by atoms with Gasteiger partial charge in [-0.3, -0.25) is 4.79 Å². The van der Waals surface area contributed by atoms with Crippen LogP contribution in [0.3, 0.4) is 0 Å². The van der Waals surface area contributed by atoms with Crippen LogP contribution in [0, 0.1) is 5.92 Å². The molecule has 1 aliphatic carbocycles. The second-order valence-corrected chi connectivity index (χ2v) is 3.06. The minimum atomic E-state index is -1.97. The van der Waals surface area contributed by atoms with Gasteiger partial charge in [0.05, 0.1) is 12.5 Å². The average Bonchev–Trinajstić information content (AvgIpc) is 2.19. The van der Waals surface area contributed by atoms with E-state index >= 15 is 0 Å². The third kappa shape index (κ3) is 1.27. The molecule has 2 atom stereocenters. The molecule has 1 heterocycles. The Morgan fingerprint density at radius 2 is 2.54 bits per heavy atom. The van der Waals surface area contributed by atoms with Gasteiger partial charge in [0.25, 0.3) is 0 Å². The van der Waals surface area contributed by atoms with Crippen LogP contribution in [0.2, 0.25) is 0 Å². The fourth-order valence-electron chi connectivity index (χ4n) is 1.50. The summed E-state index contributed by atoms with van der Waals surface area (Å²) in [5.41, 5.74) is -1.97. The van der Waals surface area contributed by atoms with Gasteiger partial charge in [-0.05, 0) is 12.2 Å². The lowest BCUT2D eigenvalue weighted by atomic mass is 9.85. The van der Waals surface area contributed by atoms with Gasteiger partial charge in [-0.25, -0.2) is 4.39 Å². The zero-order valence-corrected chi connectivity index (χ0v) is 6.90. The van der Waals surface area contributed by atoms with Gasteiger partial charge >= 0.3 is 0 Å². The number of carbonyl (C=O) groups excluding carboxylic acids is 1. The van der Waals surface area contributed by atoms with Gasteiger partial charge in [0.2, 0.25) is 0 Å². The Labute approximate surface area is 74.8 Å². The SMILES string of the molecule is O=CC1(F)C=CC=C2OCOCC21. The Morgan fingerprint density at radius 3 is 3.31 bits per heavy atom. The largest absolute Gasteiger partial charge is 0.471 e. The first-order valence-electron chi connectivity index (χ1n) is 4.01. The van der Waals surface area contributed by atoms with Crippen LogP contribution < -0.4 is 0 Å². The molecule has 4 heteroatoms. The Hall–Kier alpha value is -1.16. The summed E-state index contributed by atoms with van der Waals surface area (Å²) in [5, 5.41) is 0. The molecule has 0 radical (unpaired) electrons. The van der Waals surface area contributed by atoms with Crippen LogP contribution in [0.1, 0.15) is 0 Å². The van der Waals surface area contributed by atoms with Crippen molar-refractivity contribution in [1.29, 1.82) is 0 Å². The molecule has 70 valence electrons. The first-order chi connectivity index (χ1) is 6.26. The summed E-state index contributed by atoms with van der Waals surface area (Å²) in [6.45, 7) is 0.316. The molecule has 0 aromatic carbocycles. The first kappa shape index (κ1) is 8.44. The summed E-state index contributed by atoms with van der Waals surface area (Å²) >= 11 is 0. The molecule has 1 aliphatic heterocycles. The van der Waals surface area contributed by atoms with Gasteiger partial charge in [-0.1, -0.05) is 6.08 Å². The van der Waals surface area contributed by atoms with E-state index in [0.29, 0.717) is 12.0 Å². The van der Waals surface area contributed by atoms with E-state index in [0.717, 1.165) is 0 Å². The molecular formula is C9H9FO3. The van der Waals surface area contributed by atoms with E-state index in [1.54, 1.807) is 6.08 Å². The smallest absolute Gasteiger partial charge is 0.196 e. The molecule has 0 aromatic heterocycles. The van der Waals surface area contributed by atoms with Gasteiger partial charge in [0.15, 0.2) is 18.7 Å². The van der Waals surface area contributed by atoms with Gasteiger partial charge in [0, 0.05) is 0 Å². The number of allylic oxidation sites excluding steroid dienone is 3. The van der Waals surface area contributed by atoms with Crippen molar-refractivity contribution in [3.8, 4) is 0 Å². The predicted octanol–water partition coefficient (Wildman–Crippen LogP) is 0.968. The van der Waals surface area contributed by atoms with Crippen molar-refractivity contribution in [1.82, 2.24) is 0 Å². The Morgan fingerprint density at radius 1 is 1.69 bits per heavy atom. The molecule has 0 saturated carbocycles. The molecule has 13 heavy (non-hydrogen) atoms. The molecular weight excluding hydrogens is 175 g/mol. The summed E-state index contributed by atoms with van der Waals surface area (Å²) < 4.78 is 23.8. The number of carbonyl (C=O) groups is 1. The van der Waals surface area contributed by atoms with E-state index in [1.165, 1.54) is 12.2 Å². The monoisotopic (exact) mass is 184 g/mol. The highest BCUT2D eigenvalue weighted by molar-refractivity contribution is 5.68. The van der Waals surface area contributed by atoms with Crippen LogP contribution in [0.5, 0.6) is 0 Å². The van der Waals surface area contributed by atoms with E-state index in [9.17, 15) is 9.18 Å². The van der Waals surface area contributed by atoms with Crippen molar-refractivity contribution in [2.24, 2.45) is 5.92 Å². The van der Waals surface area contributed by atoms with Gasteiger partial charge in [-0.15, -0.1) is 0 Å². The summed E-state index contributed by atoms with van der Waals surface area (Å²) in [7, 11) is 0. The standard InChI is InChI=1S/C9H9FO3/c10-9(5-11)3-1-2-8-7(9)4-12-6-13-8/h1-3,5,7H,4,6H2. The second-order valence-electron chi connectivity index (χ2n) is 3.06. The third-order valence-corrected chi connectivity index (χ3v) is 2.26. The first-order valence-corrected chi connectivity index (χ1v) is 4.01. The van der Waals surface area contributed by atoms with E-state index < -0.39 is 11.6 Å². The number of aldehydes is 1. The maximum Gasteiger partial charge on any atom is 0.196 e. The number of alkyl halides is 1. The quantitative estimate of drug-likeness (QED) is 0.569. The Balaban J connectivity index is 2.31. The summed E-state index contributed by atoms with van der Waals surface area (Å²) in [4.78, 5) is 10.6. The number of hydrogen-bond acceptors (Lipinski definition) is 3. The molecule has 1 fully saturated rings. The van der Waals surface area contributed by atoms with Crippen molar-refractivity contribution >= 4 is 6.29 Å². The van der Waals surface area contributed by atoms with Gasteiger partial charge in [0.1, 0.15) is 5.76 Å². The zero-order chi connectivity index (χ0) is 9.31. The van der Waals surface area contributed by atoms with Crippen LogP contribution >= 0.6 is 0 Å². The number of fused-ring (bicyclic) bond motifs is 1. The average molecular weight is 184 g/mol. The van der Waals surface area contributed by atoms with Crippen molar-refractivity contribution in [2.45, 2.75) is 5.67 Å². The highest BCUT2D eigenvalue weighted by Gasteiger charge is 2.43. The molecule has 1 saturated heterocycles. The topological polar surface area (TPSA) is 35.5 Å². The molecule has 0 N–H and O–H groups in total. The van der Waals surface area contributed by atoms with Crippen molar-refractivity contribution in [3.63, 3.8) is 0 Å².